The standard InChI is InChI=1S/C22H46N2O6S/c1-7-8-9-10-11-12-13-14-15-16-17-21(3,4)24(5,6)22(20(26)27,31(28,29)30)19(23)18(2)25/h18-19,25H,7-17,23H2,1-6H3,(H-,26,27,28,29,30)/p+1. The van der Waals surface area contributed by atoms with Gasteiger partial charge >= 0.3 is 21.0 Å². The number of unbranched alkanes of at least 4 members (excludes halogenated alkanes) is 9. The molecule has 0 aromatic carbocycles. The second-order valence-electron chi connectivity index (χ2n) is 9.94. The van der Waals surface area contributed by atoms with E-state index in [0.29, 0.717) is 6.42 Å². The number of hydrogen-bond acceptors (Lipinski definition) is 5. The number of nitrogens with zero attached hydrogens (tertiary/aromatic N) is 1. The van der Waals surface area contributed by atoms with Crippen molar-refractivity contribution in [2.24, 2.45) is 5.73 Å². The first-order chi connectivity index (χ1) is 14.1. The highest BCUT2D eigenvalue weighted by atomic mass is 32.2. The fourth-order valence-corrected chi connectivity index (χ4v) is 6.01. The number of nitrogens with two attached hydrogens (primary N) is 1. The van der Waals surface area contributed by atoms with Crippen molar-refractivity contribution >= 4 is 16.1 Å². The van der Waals surface area contributed by atoms with Crippen LogP contribution >= 0.6 is 0 Å². The van der Waals surface area contributed by atoms with Gasteiger partial charge in [0.05, 0.1) is 25.7 Å². The molecule has 0 bridgehead atoms. The normalized spacial score (nSPS) is 17.2. The number of aliphatic hydroxyl groups excluding tert-OH is 1. The lowest BCUT2D eigenvalue weighted by Crippen LogP contribution is -2.81. The van der Waals surface area contributed by atoms with Crippen LogP contribution in [0.25, 0.3) is 0 Å². The summed E-state index contributed by atoms with van der Waals surface area (Å²) in [5.74, 6) is -1.77. The zero-order valence-electron chi connectivity index (χ0n) is 20.4. The lowest BCUT2D eigenvalue weighted by molar-refractivity contribution is -0.964. The highest BCUT2D eigenvalue weighted by Crippen LogP contribution is 2.41. The molecule has 0 spiro atoms. The molecule has 0 aliphatic carbocycles. The molecule has 0 amide bonds. The molecule has 0 saturated carbocycles. The quantitative estimate of drug-likeness (QED) is 0.146. The van der Waals surface area contributed by atoms with Gasteiger partial charge in [-0.15, -0.1) is 0 Å². The molecule has 0 heterocycles. The summed E-state index contributed by atoms with van der Waals surface area (Å²) in [4.78, 5) is 9.50. The molecule has 0 aromatic rings. The van der Waals surface area contributed by atoms with Crippen LogP contribution in [0.15, 0.2) is 0 Å². The molecule has 5 N–H and O–H groups in total. The number of carboxylic acids is 1. The number of likely N-dealkylation sites (N-methyl/N-ethyl adjacent to an activating group) is 1. The van der Waals surface area contributed by atoms with E-state index < -0.39 is 43.1 Å². The molecule has 3 atom stereocenters. The Balaban J connectivity index is 5.23. The van der Waals surface area contributed by atoms with Gasteiger partial charge in [0.25, 0.3) is 0 Å². The second-order valence-corrected chi connectivity index (χ2v) is 11.5. The Bertz CT molecular complexity index is 648. The van der Waals surface area contributed by atoms with Crippen molar-refractivity contribution in [3.05, 3.63) is 0 Å². The highest BCUT2D eigenvalue weighted by Gasteiger charge is 2.71. The Morgan fingerprint density at radius 2 is 1.35 bits per heavy atom. The van der Waals surface area contributed by atoms with E-state index in [9.17, 15) is 28.0 Å². The SMILES string of the molecule is CCCCCCCCCCCCC(C)(C)[N+](C)(C)C(C(=O)O)(C(N)C(C)O)S(=O)(=O)O. The molecule has 8 nitrogen and oxygen atoms in total. The molecular formula is C22H47N2O6S+. The molecule has 0 fully saturated rings. The van der Waals surface area contributed by atoms with Crippen molar-refractivity contribution in [1.29, 1.82) is 0 Å². The van der Waals surface area contributed by atoms with E-state index in [1.165, 1.54) is 59.5 Å². The molecule has 186 valence electrons. The Labute approximate surface area is 189 Å². The molecule has 0 saturated heterocycles. The van der Waals surface area contributed by atoms with E-state index in [4.69, 9.17) is 5.73 Å². The van der Waals surface area contributed by atoms with Crippen LogP contribution in [-0.2, 0) is 14.9 Å². The molecule has 3 unspecified atom stereocenters. The monoisotopic (exact) mass is 467 g/mol. The Kier molecular flexibility index (Phi) is 12.2. The number of quaternary nitrogens is 1. The van der Waals surface area contributed by atoms with Crippen LogP contribution in [0.2, 0.25) is 0 Å². The van der Waals surface area contributed by atoms with Gasteiger partial charge in [0.1, 0.15) is 6.04 Å². The van der Waals surface area contributed by atoms with E-state index in [0.717, 1.165) is 25.7 Å². The van der Waals surface area contributed by atoms with E-state index in [1.807, 2.05) is 0 Å². The van der Waals surface area contributed by atoms with E-state index >= 15 is 0 Å². The van der Waals surface area contributed by atoms with Gasteiger partial charge in [0.15, 0.2) is 0 Å². The third-order valence-corrected chi connectivity index (χ3v) is 8.85. The van der Waals surface area contributed by atoms with Crippen molar-refractivity contribution in [3.63, 3.8) is 0 Å². The van der Waals surface area contributed by atoms with Crippen molar-refractivity contribution in [2.45, 2.75) is 121 Å². The third kappa shape index (κ3) is 7.12. The summed E-state index contributed by atoms with van der Waals surface area (Å²) in [6, 6.07) is -1.72. The van der Waals surface area contributed by atoms with E-state index in [1.54, 1.807) is 13.8 Å². The third-order valence-electron chi connectivity index (χ3n) is 7.16. The first-order valence-electron chi connectivity index (χ1n) is 11.6. The fraction of sp³-hybridized carbons (Fsp3) is 0.955. The van der Waals surface area contributed by atoms with Gasteiger partial charge in [-0.05, 0) is 27.2 Å². The van der Waals surface area contributed by atoms with Crippen LogP contribution < -0.4 is 5.73 Å². The summed E-state index contributed by atoms with van der Waals surface area (Å²) < 4.78 is 34.3. The topological polar surface area (TPSA) is 138 Å². The van der Waals surface area contributed by atoms with Gasteiger partial charge in [-0.1, -0.05) is 64.7 Å². The predicted molar refractivity (Wildman–Crippen MR) is 124 cm³/mol. The number of carboxylic acid groups (broad SMARTS) is 1. The molecule has 0 aliphatic rings. The highest BCUT2D eigenvalue weighted by molar-refractivity contribution is 7.88. The minimum absolute atomic E-state index is 0.549. The second kappa shape index (κ2) is 12.5. The van der Waals surface area contributed by atoms with Crippen LogP contribution in [0.4, 0.5) is 0 Å². The lowest BCUT2D eigenvalue weighted by Gasteiger charge is -2.54. The maximum absolute atomic E-state index is 12.4. The van der Waals surface area contributed by atoms with Crippen molar-refractivity contribution < 1.29 is 32.5 Å². The predicted octanol–water partition coefficient (Wildman–Crippen LogP) is 3.53. The average Bonchev–Trinajstić information content (AvgIpc) is 2.61. The summed E-state index contributed by atoms with van der Waals surface area (Å²) in [5, 5.41) is 20.0. The molecule has 0 radical (unpaired) electrons. The van der Waals surface area contributed by atoms with Gasteiger partial charge in [-0.3, -0.25) is 9.04 Å². The number of aliphatic hydroxyl groups is 1. The van der Waals surface area contributed by atoms with Gasteiger partial charge in [-0.25, -0.2) is 4.79 Å². The number of rotatable bonds is 17. The minimum atomic E-state index is -5.18. The molecule has 0 aromatic heterocycles. The van der Waals surface area contributed by atoms with Gasteiger partial charge in [-0.2, -0.15) is 8.42 Å². The summed E-state index contributed by atoms with van der Waals surface area (Å²) in [6.07, 6.45) is 10.7. The van der Waals surface area contributed by atoms with Crippen LogP contribution in [0.3, 0.4) is 0 Å². The number of carbonyl (C=O) groups is 1. The summed E-state index contributed by atoms with van der Waals surface area (Å²) in [5.41, 5.74) is 5.09. The average molecular weight is 468 g/mol. The van der Waals surface area contributed by atoms with Crippen LogP contribution in [-0.4, -0.2) is 70.3 Å². The molecule has 0 rings (SSSR count). The zero-order chi connectivity index (χ0) is 24.5. The van der Waals surface area contributed by atoms with Gasteiger partial charge < -0.3 is 15.9 Å². The van der Waals surface area contributed by atoms with Crippen LogP contribution in [0, 0.1) is 0 Å². The van der Waals surface area contributed by atoms with Gasteiger partial charge in [0.2, 0.25) is 0 Å². The molecule has 31 heavy (non-hydrogen) atoms. The summed E-state index contributed by atoms with van der Waals surface area (Å²) >= 11 is 0. The first kappa shape index (κ1) is 30.3. The molecule has 0 aliphatic heterocycles. The maximum Gasteiger partial charge on any atom is 0.386 e. The largest absolute Gasteiger partial charge is 0.476 e. The first-order valence-corrected chi connectivity index (χ1v) is 13.0. The summed E-state index contributed by atoms with van der Waals surface area (Å²) in [6.45, 7) is 6.98. The van der Waals surface area contributed by atoms with Crippen molar-refractivity contribution in [3.8, 4) is 0 Å². The van der Waals surface area contributed by atoms with Crippen LogP contribution in [0.1, 0.15) is 98.3 Å². The van der Waals surface area contributed by atoms with Crippen LogP contribution in [0.5, 0.6) is 0 Å². The Morgan fingerprint density at radius 3 is 1.68 bits per heavy atom. The number of aliphatic carboxylic acids is 1. The van der Waals surface area contributed by atoms with Crippen molar-refractivity contribution in [1.82, 2.24) is 0 Å². The number of hydrogen-bond donors (Lipinski definition) is 4. The minimum Gasteiger partial charge on any atom is -0.476 e. The Hall–Kier alpha value is -0.740. The summed E-state index contributed by atoms with van der Waals surface area (Å²) in [7, 11) is -2.29. The van der Waals surface area contributed by atoms with E-state index in [2.05, 4.69) is 6.92 Å². The van der Waals surface area contributed by atoms with Crippen molar-refractivity contribution in [2.75, 3.05) is 14.1 Å². The van der Waals surface area contributed by atoms with Gasteiger partial charge in [0, 0.05) is 6.42 Å². The molecular weight excluding hydrogens is 420 g/mol. The lowest BCUT2D eigenvalue weighted by atomic mass is 9.87. The van der Waals surface area contributed by atoms with E-state index in [-0.39, 0.29) is 0 Å². The zero-order valence-corrected chi connectivity index (χ0v) is 21.2. The smallest absolute Gasteiger partial charge is 0.386 e. The Morgan fingerprint density at radius 1 is 0.968 bits per heavy atom. The fourth-order valence-electron chi connectivity index (χ4n) is 4.43. The molecule has 9 heteroatoms. The maximum atomic E-state index is 12.4.